The first-order valence-electron chi connectivity index (χ1n) is 4.97. The number of carbonyl (C=O) groups is 1. The third kappa shape index (κ3) is 2.44. The van der Waals surface area contributed by atoms with Crippen molar-refractivity contribution in [3.05, 3.63) is 30.2 Å². The van der Waals surface area contributed by atoms with Gasteiger partial charge in [0.15, 0.2) is 5.65 Å². The summed E-state index contributed by atoms with van der Waals surface area (Å²) < 4.78 is 0. The first-order chi connectivity index (χ1) is 7.75. The molecule has 16 heavy (non-hydrogen) atoms. The summed E-state index contributed by atoms with van der Waals surface area (Å²) in [6.07, 6.45) is 7.15. The highest BCUT2D eigenvalue weighted by molar-refractivity contribution is 5.73. The van der Waals surface area contributed by atoms with Crippen LogP contribution < -0.4 is 5.32 Å². The first kappa shape index (κ1) is 10.4. The van der Waals surface area contributed by atoms with Crippen LogP contribution in [-0.4, -0.2) is 27.4 Å². The Kier molecular flexibility index (Phi) is 2.95. The topological polar surface area (TPSA) is 70.7 Å². The second-order valence-electron chi connectivity index (χ2n) is 3.35. The second-order valence-corrected chi connectivity index (χ2v) is 3.35. The van der Waals surface area contributed by atoms with Gasteiger partial charge in [-0.2, -0.15) is 0 Å². The van der Waals surface area contributed by atoms with E-state index in [2.05, 4.69) is 20.3 Å². The molecule has 5 nitrogen and oxygen atoms in total. The Morgan fingerprint density at radius 2 is 2.50 bits per heavy atom. The van der Waals surface area contributed by atoms with Crippen LogP contribution in [0.5, 0.6) is 0 Å². The lowest BCUT2D eigenvalue weighted by atomic mass is 10.3. The molecule has 1 amide bonds. The summed E-state index contributed by atoms with van der Waals surface area (Å²) in [6.45, 7) is 1.99. The van der Waals surface area contributed by atoms with Crippen LogP contribution in [0.25, 0.3) is 17.2 Å². The molecular formula is C11H12N4O. The molecule has 0 atom stereocenters. The molecule has 0 saturated heterocycles. The van der Waals surface area contributed by atoms with Crippen molar-refractivity contribution in [3.8, 4) is 0 Å². The Balaban J connectivity index is 2.06. The maximum absolute atomic E-state index is 10.6. The number of carbonyl (C=O) groups excluding carboxylic acids is 1. The largest absolute Gasteiger partial charge is 0.353 e. The van der Waals surface area contributed by atoms with Gasteiger partial charge in [-0.05, 0) is 12.1 Å². The number of rotatable bonds is 3. The summed E-state index contributed by atoms with van der Waals surface area (Å²) in [5.41, 5.74) is 2.39. The molecular weight excluding hydrogens is 204 g/mol. The fourth-order valence-corrected chi connectivity index (χ4v) is 1.31. The summed E-state index contributed by atoms with van der Waals surface area (Å²) >= 11 is 0. The Labute approximate surface area is 92.6 Å². The lowest BCUT2D eigenvalue weighted by Gasteiger charge is -1.95. The maximum atomic E-state index is 10.6. The van der Waals surface area contributed by atoms with Gasteiger partial charge in [-0.25, -0.2) is 9.97 Å². The molecule has 2 aromatic heterocycles. The minimum absolute atomic E-state index is 0.0446. The molecule has 0 radical (unpaired) electrons. The number of H-pyrrole nitrogens is 1. The fourth-order valence-electron chi connectivity index (χ4n) is 1.31. The average molecular weight is 216 g/mol. The van der Waals surface area contributed by atoms with Crippen LogP contribution in [0, 0.1) is 0 Å². The minimum atomic E-state index is -0.0446. The van der Waals surface area contributed by atoms with Crippen LogP contribution in [0.4, 0.5) is 0 Å². The van der Waals surface area contributed by atoms with Gasteiger partial charge in [-0.1, -0.05) is 6.08 Å². The monoisotopic (exact) mass is 216 g/mol. The van der Waals surface area contributed by atoms with Crippen LogP contribution >= 0.6 is 0 Å². The highest BCUT2D eigenvalue weighted by Gasteiger charge is 1.96. The van der Waals surface area contributed by atoms with Crippen LogP contribution in [0.15, 0.2) is 24.5 Å². The van der Waals surface area contributed by atoms with E-state index >= 15 is 0 Å². The molecule has 82 valence electrons. The summed E-state index contributed by atoms with van der Waals surface area (Å²) in [5, 5.41) is 2.67. The molecule has 2 aromatic rings. The number of aromatic nitrogens is 3. The average Bonchev–Trinajstić information content (AvgIpc) is 2.71. The predicted octanol–water partition coefficient (Wildman–Crippen LogP) is 1.11. The zero-order chi connectivity index (χ0) is 11.4. The maximum Gasteiger partial charge on any atom is 0.217 e. The SMILES string of the molecule is CC(=O)NCC=Cc1cnc2[nH]ccc2n1. The molecule has 0 aromatic carbocycles. The van der Waals surface area contributed by atoms with Gasteiger partial charge >= 0.3 is 0 Å². The summed E-state index contributed by atoms with van der Waals surface area (Å²) in [7, 11) is 0. The van der Waals surface area contributed by atoms with Gasteiger partial charge < -0.3 is 10.3 Å². The molecule has 0 saturated carbocycles. The molecule has 0 aliphatic carbocycles. The zero-order valence-corrected chi connectivity index (χ0v) is 8.90. The van der Waals surface area contributed by atoms with Crippen molar-refractivity contribution in [1.82, 2.24) is 20.3 Å². The van der Waals surface area contributed by atoms with Crippen LogP contribution in [0.2, 0.25) is 0 Å². The molecule has 0 aliphatic heterocycles. The molecule has 0 bridgehead atoms. The van der Waals surface area contributed by atoms with Gasteiger partial charge in [0.1, 0.15) is 5.52 Å². The zero-order valence-electron chi connectivity index (χ0n) is 8.90. The van der Waals surface area contributed by atoms with Crippen molar-refractivity contribution >= 4 is 23.1 Å². The van der Waals surface area contributed by atoms with E-state index in [1.54, 1.807) is 12.4 Å². The third-order valence-corrected chi connectivity index (χ3v) is 2.04. The Morgan fingerprint density at radius 1 is 1.62 bits per heavy atom. The lowest BCUT2D eigenvalue weighted by Crippen LogP contribution is -2.19. The molecule has 0 spiro atoms. The van der Waals surface area contributed by atoms with Crippen molar-refractivity contribution in [3.63, 3.8) is 0 Å². The van der Waals surface area contributed by atoms with Crippen molar-refractivity contribution in [2.75, 3.05) is 6.54 Å². The van der Waals surface area contributed by atoms with Crippen molar-refractivity contribution < 1.29 is 4.79 Å². The quantitative estimate of drug-likeness (QED) is 0.807. The van der Waals surface area contributed by atoms with E-state index in [9.17, 15) is 4.79 Å². The third-order valence-electron chi connectivity index (χ3n) is 2.04. The van der Waals surface area contributed by atoms with Gasteiger partial charge in [-0.3, -0.25) is 4.79 Å². The van der Waals surface area contributed by atoms with Gasteiger partial charge in [-0.15, -0.1) is 0 Å². The van der Waals surface area contributed by atoms with E-state index < -0.39 is 0 Å². The number of fused-ring (bicyclic) bond motifs is 1. The van der Waals surface area contributed by atoms with E-state index in [-0.39, 0.29) is 5.91 Å². The van der Waals surface area contributed by atoms with E-state index in [0.717, 1.165) is 16.9 Å². The number of hydrogen-bond donors (Lipinski definition) is 2. The highest BCUT2D eigenvalue weighted by atomic mass is 16.1. The van der Waals surface area contributed by atoms with Gasteiger partial charge in [0.2, 0.25) is 5.91 Å². The number of nitrogens with zero attached hydrogens (tertiary/aromatic N) is 2. The molecule has 2 N–H and O–H groups in total. The Hall–Kier alpha value is -2.17. The highest BCUT2D eigenvalue weighted by Crippen LogP contribution is 2.07. The smallest absolute Gasteiger partial charge is 0.217 e. The van der Waals surface area contributed by atoms with Crippen LogP contribution in [0.3, 0.4) is 0 Å². The Morgan fingerprint density at radius 3 is 3.31 bits per heavy atom. The lowest BCUT2D eigenvalue weighted by molar-refractivity contribution is -0.118. The van der Waals surface area contributed by atoms with Crippen LogP contribution in [0.1, 0.15) is 12.6 Å². The minimum Gasteiger partial charge on any atom is -0.353 e. The van der Waals surface area contributed by atoms with Crippen molar-refractivity contribution in [2.24, 2.45) is 0 Å². The molecule has 0 unspecified atom stereocenters. The van der Waals surface area contributed by atoms with E-state index in [1.807, 2.05) is 18.2 Å². The molecule has 5 heteroatoms. The molecule has 0 fully saturated rings. The van der Waals surface area contributed by atoms with Crippen LogP contribution in [-0.2, 0) is 4.79 Å². The van der Waals surface area contributed by atoms with E-state index in [1.165, 1.54) is 6.92 Å². The Bertz CT molecular complexity index is 530. The number of hydrogen-bond acceptors (Lipinski definition) is 3. The standard InChI is InChI=1S/C11H12N4O/c1-8(16)12-5-2-3-9-7-14-11-10(15-9)4-6-13-11/h2-4,6-7H,5H2,1H3,(H,12,16)(H,13,14). The van der Waals surface area contributed by atoms with Gasteiger partial charge in [0.05, 0.1) is 11.9 Å². The number of aromatic amines is 1. The predicted molar refractivity (Wildman–Crippen MR) is 61.6 cm³/mol. The first-order valence-corrected chi connectivity index (χ1v) is 4.97. The summed E-state index contributed by atoms with van der Waals surface area (Å²) in [5.74, 6) is -0.0446. The molecule has 2 heterocycles. The molecule has 2 rings (SSSR count). The van der Waals surface area contributed by atoms with Crippen molar-refractivity contribution in [2.45, 2.75) is 6.92 Å². The number of amides is 1. The second kappa shape index (κ2) is 4.57. The number of nitrogens with one attached hydrogen (secondary N) is 2. The van der Waals surface area contributed by atoms with E-state index in [0.29, 0.717) is 6.54 Å². The van der Waals surface area contributed by atoms with Gasteiger partial charge in [0, 0.05) is 19.7 Å². The van der Waals surface area contributed by atoms with E-state index in [4.69, 9.17) is 0 Å². The van der Waals surface area contributed by atoms with Crippen molar-refractivity contribution in [1.29, 1.82) is 0 Å². The summed E-state index contributed by atoms with van der Waals surface area (Å²) in [4.78, 5) is 22.1. The fraction of sp³-hybridized carbons (Fsp3) is 0.182. The normalized spacial score (nSPS) is 11.1. The summed E-state index contributed by atoms with van der Waals surface area (Å²) in [6, 6.07) is 1.87. The molecule has 0 aliphatic rings. The van der Waals surface area contributed by atoms with Gasteiger partial charge in [0.25, 0.3) is 0 Å².